The largest absolute Gasteiger partial charge is 0.327 e. The molecule has 0 amide bonds. The van der Waals surface area contributed by atoms with Gasteiger partial charge in [0.2, 0.25) is 0 Å². The summed E-state index contributed by atoms with van der Waals surface area (Å²) in [5.41, 5.74) is 8.15. The maximum absolute atomic E-state index is 6.26. The Morgan fingerprint density at radius 1 is 1.33 bits per heavy atom. The van der Waals surface area contributed by atoms with Gasteiger partial charge in [0.15, 0.2) is 0 Å². The molecule has 0 aliphatic carbocycles. The molecule has 1 aromatic heterocycles. The second-order valence-corrected chi connectivity index (χ2v) is 5.14. The number of hydrogen-bond acceptors (Lipinski definition) is 3. The highest BCUT2D eigenvalue weighted by Gasteiger charge is 2.16. The lowest BCUT2D eigenvalue weighted by atomic mass is 9.89. The summed E-state index contributed by atoms with van der Waals surface area (Å²) in [5.74, 6) is 0.682. The Kier molecular flexibility index (Phi) is 5.88. The summed E-state index contributed by atoms with van der Waals surface area (Å²) < 4.78 is 0. The molecule has 1 atom stereocenters. The molecule has 1 aromatic rings. The van der Waals surface area contributed by atoms with Gasteiger partial charge in [-0.3, -0.25) is 4.98 Å². The third-order valence-electron chi connectivity index (χ3n) is 2.84. The van der Waals surface area contributed by atoms with E-state index >= 15 is 0 Å². The molecular weight excluding hydrogens is 204 g/mol. The highest BCUT2D eigenvalue weighted by molar-refractivity contribution is 7.09. The van der Waals surface area contributed by atoms with Crippen LogP contribution in [0.4, 0.5) is 0 Å². The standard InChI is InChI=1S/C12H22N2S/c1-3-5-10(6-4-2)12(13)7-11-8-14-9-15-11/h8-10,12H,3-7,13H2,1-2H3. The molecule has 1 rings (SSSR count). The SMILES string of the molecule is CCCC(CCC)C(N)Cc1cncs1. The van der Waals surface area contributed by atoms with Gasteiger partial charge in [-0.15, -0.1) is 11.3 Å². The molecule has 0 aliphatic heterocycles. The Labute approximate surface area is 96.9 Å². The first-order valence-electron chi connectivity index (χ1n) is 5.90. The number of hydrogen-bond donors (Lipinski definition) is 1. The van der Waals surface area contributed by atoms with E-state index in [1.807, 2.05) is 11.7 Å². The Morgan fingerprint density at radius 2 is 2.00 bits per heavy atom. The first-order chi connectivity index (χ1) is 7.27. The lowest BCUT2D eigenvalue weighted by Gasteiger charge is -2.22. The van der Waals surface area contributed by atoms with Crippen LogP contribution in [0.1, 0.15) is 44.4 Å². The average molecular weight is 226 g/mol. The van der Waals surface area contributed by atoms with Crippen molar-refractivity contribution in [2.45, 2.75) is 52.0 Å². The third-order valence-corrected chi connectivity index (χ3v) is 3.65. The van der Waals surface area contributed by atoms with E-state index in [2.05, 4.69) is 18.8 Å². The predicted octanol–water partition coefficient (Wildman–Crippen LogP) is 3.23. The van der Waals surface area contributed by atoms with Crippen LogP contribution < -0.4 is 5.73 Å². The van der Waals surface area contributed by atoms with Gasteiger partial charge in [-0.1, -0.05) is 26.7 Å². The Bertz CT molecular complexity index is 240. The summed E-state index contributed by atoms with van der Waals surface area (Å²) in [5, 5.41) is 0. The van der Waals surface area contributed by atoms with Gasteiger partial charge in [-0.2, -0.15) is 0 Å². The Hall–Kier alpha value is -0.410. The van der Waals surface area contributed by atoms with Gasteiger partial charge >= 0.3 is 0 Å². The van der Waals surface area contributed by atoms with E-state index in [0.717, 1.165) is 6.42 Å². The molecule has 15 heavy (non-hydrogen) atoms. The van der Waals surface area contributed by atoms with Crippen LogP contribution in [0.25, 0.3) is 0 Å². The maximum Gasteiger partial charge on any atom is 0.0794 e. The normalized spacial score (nSPS) is 13.3. The van der Waals surface area contributed by atoms with Gasteiger partial charge in [0.1, 0.15) is 0 Å². The molecule has 0 saturated carbocycles. The minimum atomic E-state index is 0.311. The first-order valence-corrected chi connectivity index (χ1v) is 6.78. The first kappa shape index (κ1) is 12.7. The number of rotatable bonds is 7. The minimum Gasteiger partial charge on any atom is -0.327 e. The van der Waals surface area contributed by atoms with E-state index < -0.39 is 0 Å². The second-order valence-electron chi connectivity index (χ2n) is 4.17. The summed E-state index contributed by atoms with van der Waals surface area (Å²) in [4.78, 5) is 5.41. The van der Waals surface area contributed by atoms with Crippen molar-refractivity contribution < 1.29 is 0 Å². The fourth-order valence-electron chi connectivity index (χ4n) is 2.06. The molecule has 3 heteroatoms. The van der Waals surface area contributed by atoms with Crippen molar-refractivity contribution in [1.29, 1.82) is 0 Å². The highest BCUT2D eigenvalue weighted by Crippen LogP contribution is 2.20. The van der Waals surface area contributed by atoms with Gasteiger partial charge in [0, 0.05) is 17.1 Å². The maximum atomic E-state index is 6.26. The van der Waals surface area contributed by atoms with Crippen molar-refractivity contribution >= 4 is 11.3 Å². The lowest BCUT2D eigenvalue weighted by Crippen LogP contribution is -2.32. The van der Waals surface area contributed by atoms with E-state index in [1.165, 1.54) is 30.6 Å². The molecule has 1 heterocycles. The molecule has 0 saturated heterocycles. The predicted molar refractivity (Wildman–Crippen MR) is 67.1 cm³/mol. The fourth-order valence-corrected chi connectivity index (χ4v) is 2.72. The Morgan fingerprint density at radius 3 is 2.47 bits per heavy atom. The monoisotopic (exact) mass is 226 g/mol. The van der Waals surface area contributed by atoms with Crippen LogP contribution in [0.2, 0.25) is 0 Å². The molecule has 0 aliphatic rings. The van der Waals surface area contributed by atoms with Gasteiger partial charge in [0.05, 0.1) is 5.51 Å². The smallest absolute Gasteiger partial charge is 0.0794 e. The lowest BCUT2D eigenvalue weighted by molar-refractivity contribution is 0.361. The van der Waals surface area contributed by atoms with Crippen LogP contribution in [-0.2, 0) is 6.42 Å². The molecular formula is C12H22N2S. The molecule has 0 aromatic carbocycles. The highest BCUT2D eigenvalue weighted by atomic mass is 32.1. The van der Waals surface area contributed by atoms with E-state index in [4.69, 9.17) is 5.73 Å². The van der Waals surface area contributed by atoms with E-state index in [9.17, 15) is 0 Å². The van der Waals surface area contributed by atoms with Gasteiger partial charge in [0.25, 0.3) is 0 Å². The van der Waals surface area contributed by atoms with Gasteiger partial charge in [-0.05, 0) is 25.2 Å². The molecule has 0 fully saturated rings. The minimum absolute atomic E-state index is 0.311. The summed E-state index contributed by atoms with van der Waals surface area (Å²) >= 11 is 1.71. The molecule has 2 nitrogen and oxygen atoms in total. The van der Waals surface area contributed by atoms with Crippen molar-refractivity contribution in [2.75, 3.05) is 0 Å². The van der Waals surface area contributed by atoms with Crippen molar-refractivity contribution in [2.24, 2.45) is 11.7 Å². The number of nitrogens with zero attached hydrogens (tertiary/aromatic N) is 1. The summed E-state index contributed by atoms with van der Waals surface area (Å²) in [6, 6.07) is 0.311. The fraction of sp³-hybridized carbons (Fsp3) is 0.750. The zero-order chi connectivity index (χ0) is 11.1. The van der Waals surface area contributed by atoms with Crippen LogP contribution in [0, 0.1) is 5.92 Å². The quantitative estimate of drug-likeness (QED) is 0.775. The van der Waals surface area contributed by atoms with Crippen LogP contribution in [0.3, 0.4) is 0 Å². The summed E-state index contributed by atoms with van der Waals surface area (Å²) in [6.07, 6.45) is 7.93. The van der Waals surface area contributed by atoms with Gasteiger partial charge < -0.3 is 5.73 Å². The van der Waals surface area contributed by atoms with E-state index in [-0.39, 0.29) is 0 Å². The topological polar surface area (TPSA) is 38.9 Å². The van der Waals surface area contributed by atoms with E-state index in [1.54, 1.807) is 11.3 Å². The molecule has 0 radical (unpaired) electrons. The van der Waals surface area contributed by atoms with Crippen LogP contribution >= 0.6 is 11.3 Å². The number of aromatic nitrogens is 1. The summed E-state index contributed by atoms with van der Waals surface area (Å²) in [6.45, 7) is 4.48. The van der Waals surface area contributed by atoms with E-state index in [0.29, 0.717) is 12.0 Å². The van der Waals surface area contributed by atoms with Gasteiger partial charge in [-0.25, -0.2) is 0 Å². The zero-order valence-electron chi connectivity index (χ0n) is 9.78. The zero-order valence-corrected chi connectivity index (χ0v) is 10.6. The molecule has 0 bridgehead atoms. The van der Waals surface area contributed by atoms with Crippen molar-refractivity contribution in [3.8, 4) is 0 Å². The van der Waals surface area contributed by atoms with Crippen molar-refractivity contribution in [3.63, 3.8) is 0 Å². The van der Waals surface area contributed by atoms with Crippen LogP contribution in [-0.4, -0.2) is 11.0 Å². The number of thiazole rings is 1. The molecule has 2 N–H and O–H groups in total. The average Bonchev–Trinajstić information content (AvgIpc) is 2.70. The van der Waals surface area contributed by atoms with Crippen molar-refractivity contribution in [1.82, 2.24) is 4.98 Å². The van der Waals surface area contributed by atoms with Crippen molar-refractivity contribution in [3.05, 3.63) is 16.6 Å². The Balaban J connectivity index is 2.44. The molecule has 0 spiro atoms. The van der Waals surface area contributed by atoms with Crippen LogP contribution in [0.5, 0.6) is 0 Å². The van der Waals surface area contributed by atoms with Crippen LogP contribution in [0.15, 0.2) is 11.7 Å². The molecule has 86 valence electrons. The molecule has 1 unspecified atom stereocenters. The number of nitrogens with two attached hydrogens (primary N) is 1. The summed E-state index contributed by atoms with van der Waals surface area (Å²) in [7, 11) is 0. The third kappa shape index (κ3) is 4.31. The second kappa shape index (κ2) is 6.96.